The Kier molecular flexibility index (Phi) is 2.97. The van der Waals surface area contributed by atoms with E-state index in [0.717, 1.165) is 18.4 Å². The molecule has 2 aromatic heterocycles. The molecule has 1 aliphatic carbocycles. The van der Waals surface area contributed by atoms with E-state index in [1.165, 1.54) is 19.3 Å². The average Bonchev–Trinajstić information content (AvgIpc) is 2.78. The molecular formula is C12H13Cl2N3. The van der Waals surface area contributed by atoms with E-state index in [1.54, 1.807) is 10.7 Å². The summed E-state index contributed by atoms with van der Waals surface area (Å²) in [6.45, 7) is 0. The predicted octanol–water partition coefficient (Wildman–Crippen LogP) is 4.08. The minimum absolute atomic E-state index is 0.435. The van der Waals surface area contributed by atoms with Crippen LogP contribution in [0.3, 0.4) is 0 Å². The molecule has 0 saturated heterocycles. The van der Waals surface area contributed by atoms with Gasteiger partial charge in [-0.1, -0.05) is 42.5 Å². The number of fused-ring (bicyclic) bond motifs is 1. The van der Waals surface area contributed by atoms with E-state index in [9.17, 15) is 0 Å². The van der Waals surface area contributed by atoms with E-state index in [-0.39, 0.29) is 0 Å². The molecule has 0 atom stereocenters. The molecule has 2 heterocycles. The molecule has 0 bridgehead atoms. The van der Waals surface area contributed by atoms with Gasteiger partial charge in [0.2, 0.25) is 0 Å². The van der Waals surface area contributed by atoms with E-state index in [1.807, 2.05) is 6.07 Å². The summed E-state index contributed by atoms with van der Waals surface area (Å²) >= 11 is 12.7. The third-order valence-electron chi connectivity index (χ3n) is 3.48. The van der Waals surface area contributed by atoms with Gasteiger partial charge in [0.1, 0.15) is 10.3 Å². The molecule has 1 saturated carbocycles. The Morgan fingerprint density at radius 3 is 2.71 bits per heavy atom. The van der Waals surface area contributed by atoms with Gasteiger partial charge in [0.05, 0.1) is 6.20 Å². The normalized spacial score (nSPS) is 17.8. The highest BCUT2D eigenvalue weighted by atomic mass is 35.5. The van der Waals surface area contributed by atoms with E-state index in [0.29, 0.717) is 21.9 Å². The molecular weight excluding hydrogens is 257 g/mol. The SMILES string of the molecule is Clc1nc2ccnn2c(Cl)c1C1CCCCC1. The van der Waals surface area contributed by atoms with Crippen LogP contribution in [0.5, 0.6) is 0 Å². The summed E-state index contributed by atoms with van der Waals surface area (Å²) in [6, 6.07) is 1.81. The van der Waals surface area contributed by atoms with Crippen LogP contribution < -0.4 is 0 Å². The first-order valence-electron chi connectivity index (χ1n) is 5.96. The van der Waals surface area contributed by atoms with Gasteiger partial charge in [-0.25, -0.2) is 9.50 Å². The van der Waals surface area contributed by atoms with E-state index >= 15 is 0 Å². The van der Waals surface area contributed by atoms with Crippen LogP contribution in [-0.2, 0) is 0 Å². The Morgan fingerprint density at radius 2 is 1.94 bits per heavy atom. The molecule has 5 heteroatoms. The zero-order valence-corrected chi connectivity index (χ0v) is 10.9. The summed E-state index contributed by atoms with van der Waals surface area (Å²) in [5.74, 6) is 0.435. The van der Waals surface area contributed by atoms with Gasteiger partial charge >= 0.3 is 0 Å². The molecule has 0 spiro atoms. The predicted molar refractivity (Wildman–Crippen MR) is 68.8 cm³/mol. The molecule has 0 amide bonds. The lowest BCUT2D eigenvalue weighted by atomic mass is 9.85. The minimum atomic E-state index is 0.435. The Morgan fingerprint density at radius 1 is 1.18 bits per heavy atom. The van der Waals surface area contributed by atoms with Crippen LogP contribution in [0.4, 0.5) is 0 Å². The molecule has 17 heavy (non-hydrogen) atoms. The molecule has 1 fully saturated rings. The summed E-state index contributed by atoms with van der Waals surface area (Å²) in [4.78, 5) is 4.35. The van der Waals surface area contributed by atoms with Gasteiger partial charge in [0, 0.05) is 11.6 Å². The highest BCUT2D eigenvalue weighted by Crippen LogP contribution is 2.39. The van der Waals surface area contributed by atoms with Crippen LogP contribution in [-0.4, -0.2) is 14.6 Å². The number of nitrogens with zero attached hydrogens (tertiary/aromatic N) is 3. The topological polar surface area (TPSA) is 30.2 Å². The van der Waals surface area contributed by atoms with Gasteiger partial charge in [-0.15, -0.1) is 0 Å². The van der Waals surface area contributed by atoms with Gasteiger partial charge in [0.25, 0.3) is 0 Å². The van der Waals surface area contributed by atoms with Gasteiger partial charge < -0.3 is 0 Å². The van der Waals surface area contributed by atoms with Crippen LogP contribution >= 0.6 is 23.2 Å². The van der Waals surface area contributed by atoms with Crippen molar-refractivity contribution in [2.24, 2.45) is 0 Å². The van der Waals surface area contributed by atoms with E-state index < -0.39 is 0 Å². The summed E-state index contributed by atoms with van der Waals surface area (Å²) < 4.78 is 1.66. The molecule has 90 valence electrons. The van der Waals surface area contributed by atoms with Crippen LogP contribution in [0.15, 0.2) is 12.3 Å². The Hall–Kier alpha value is -0.800. The smallest absolute Gasteiger partial charge is 0.158 e. The van der Waals surface area contributed by atoms with Crippen molar-refractivity contribution >= 4 is 28.8 Å². The molecule has 0 N–H and O–H groups in total. The number of hydrogen-bond acceptors (Lipinski definition) is 2. The number of hydrogen-bond donors (Lipinski definition) is 0. The fourth-order valence-electron chi connectivity index (χ4n) is 2.62. The maximum absolute atomic E-state index is 6.40. The second kappa shape index (κ2) is 4.46. The lowest BCUT2D eigenvalue weighted by molar-refractivity contribution is 0.441. The Bertz CT molecular complexity index is 544. The van der Waals surface area contributed by atoms with Crippen molar-refractivity contribution in [2.45, 2.75) is 38.0 Å². The fraction of sp³-hybridized carbons (Fsp3) is 0.500. The maximum atomic E-state index is 6.40. The average molecular weight is 270 g/mol. The largest absolute Gasteiger partial charge is 0.216 e. The lowest BCUT2D eigenvalue weighted by Gasteiger charge is -2.23. The van der Waals surface area contributed by atoms with Gasteiger partial charge in [-0.3, -0.25) is 0 Å². The Balaban J connectivity index is 2.13. The second-order valence-corrected chi connectivity index (χ2v) is 5.26. The highest BCUT2D eigenvalue weighted by molar-refractivity contribution is 6.35. The summed E-state index contributed by atoms with van der Waals surface area (Å²) in [5, 5.41) is 5.34. The molecule has 3 nitrogen and oxygen atoms in total. The van der Waals surface area contributed by atoms with Crippen LogP contribution in [0, 0.1) is 0 Å². The Labute approximate surface area is 110 Å². The maximum Gasteiger partial charge on any atom is 0.158 e. The van der Waals surface area contributed by atoms with Gasteiger partial charge in [0.15, 0.2) is 5.65 Å². The molecule has 0 unspecified atom stereocenters. The first kappa shape index (κ1) is 11.3. The van der Waals surface area contributed by atoms with Crippen molar-refractivity contribution in [3.05, 3.63) is 28.1 Å². The van der Waals surface area contributed by atoms with Crippen molar-refractivity contribution in [2.75, 3.05) is 0 Å². The monoisotopic (exact) mass is 269 g/mol. The van der Waals surface area contributed by atoms with Crippen LogP contribution in [0.1, 0.15) is 43.6 Å². The third kappa shape index (κ3) is 1.91. The van der Waals surface area contributed by atoms with E-state index in [2.05, 4.69) is 10.1 Å². The molecule has 3 rings (SSSR count). The molecule has 1 aliphatic rings. The summed E-state index contributed by atoms with van der Waals surface area (Å²) in [7, 11) is 0. The quantitative estimate of drug-likeness (QED) is 0.731. The van der Waals surface area contributed by atoms with Crippen molar-refractivity contribution in [1.29, 1.82) is 0 Å². The highest BCUT2D eigenvalue weighted by Gasteiger charge is 2.23. The molecule has 0 aromatic carbocycles. The van der Waals surface area contributed by atoms with Crippen molar-refractivity contribution in [3.63, 3.8) is 0 Å². The molecule has 0 aliphatic heterocycles. The van der Waals surface area contributed by atoms with Crippen LogP contribution in [0.25, 0.3) is 5.65 Å². The number of aromatic nitrogens is 3. The van der Waals surface area contributed by atoms with Crippen molar-refractivity contribution < 1.29 is 0 Å². The van der Waals surface area contributed by atoms with E-state index in [4.69, 9.17) is 23.2 Å². The molecule has 2 aromatic rings. The minimum Gasteiger partial charge on any atom is -0.216 e. The first-order chi connectivity index (χ1) is 8.27. The first-order valence-corrected chi connectivity index (χ1v) is 6.71. The number of halogens is 2. The zero-order chi connectivity index (χ0) is 11.8. The zero-order valence-electron chi connectivity index (χ0n) is 9.37. The number of rotatable bonds is 1. The summed E-state index contributed by atoms with van der Waals surface area (Å²) in [5.41, 5.74) is 1.68. The van der Waals surface area contributed by atoms with Crippen molar-refractivity contribution in [3.8, 4) is 0 Å². The third-order valence-corrected chi connectivity index (χ3v) is 4.13. The van der Waals surface area contributed by atoms with Crippen LogP contribution in [0.2, 0.25) is 10.3 Å². The molecule has 0 radical (unpaired) electrons. The second-order valence-electron chi connectivity index (χ2n) is 4.54. The summed E-state index contributed by atoms with van der Waals surface area (Å²) in [6.07, 6.45) is 7.78. The van der Waals surface area contributed by atoms with Gasteiger partial charge in [-0.05, 0) is 18.8 Å². The van der Waals surface area contributed by atoms with Crippen molar-refractivity contribution in [1.82, 2.24) is 14.6 Å². The standard InChI is InChI=1S/C12H13Cl2N3/c13-11-10(8-4-2-1-3-5-8)12(14)17-9(16-11)6-7-15-17/h6-8H,1-5H2. The lowest BCUT2D eigenvalue weighted by Crippen LogP contribution is -2.09. The van der Waals surface area contributed by atoms with Gasteiger partial charge in [-0.2, -0.15) is 5.10 Å². The fourth-order valence-corrected chi connectivity index (χ4v) is 3.37.